The van der Waals surface area contributed by atoms with Crippen LogP contribution in [0.15, 0.2) is 72.8 Å². The first-order chi connectivity index (χ1) is 19.6. The minimum absolute atomic E-state index is 0.0457. The fourth-order valence-electron chi connectivity index (χ4n) is 5.43. The zero-order valence-corrected chi connectivity index (χ0v) is 23.0. The Morgan fingerprint density at radius 1 is 0.900 bits per heavy atom. The fraction of sp³-hybridized carbons (Fsp3) is 0.375. The van der Waals surface area contributed by atoms with E-state index in [0.29, 0.717) is 28.6 Å². The van der Waals surface area contributed by atoms with Gasteiger partial charge in [-0.3, -0.25) is 9.59 Å². The van der Waals surface area contributed by atoms with Crippen LogP contribution < -0.4 is 24.3 Å². The molecule has 210 valence electrons. The first-order valence-corrected chi connectivity index (χ1v) is 13.8. The third kappa shape index (κ3) is 6.17. The number of benzene rings is 3. The standard InChI is InChI=1S/C32H36N2O6/c1-37-25-18-17-23(19-28(25)38-2)30(31(35)33-24-13-7-4-8-14-24)34(20-22-11-5-3-6-12-22)32(36)29-21-39-26-15-9-10-16-27(26)40-29/h3,5-6,9-12,15-19,24,29-30H,4,7-8,13-14,20-21H2,1-2H3,(H,33,35)/t29-,30+/m0/s1. The van der Waals surface area contributed by atoms with Gasteiger partial charge >= 0.3 is 0 Å². The van der Waals surface area contributed by atoms with Gasteiger partial charge in [-0.2, -0.15) is 0 Å². The van der Waals surface area contributed by atoms with E-state index in [1.54, 1.807) is 37.3 Å². The van der Waals surface area contributed by atoms with Crippen molar-refractivity contribution in [3.63, 3.8) is 0 Å². The normalized spacial score (nSPS) is 17.4. The lowest BCUT2D eigenvalue weighted by Gasteiger charge is -2.36. The van der Waals surface area contributed by atoms with E-state index in [-0.39, 0.29) is 31.0 Å². The molecule has 2 aliphatic rings. The summed E-state index contributed by atoms with van der Waals surface area (Å²) in [4.78, 5) is 30.0. The molecule has 1 saturated carbocycles. The smallest absolute Gasteiger partial charge is 0.268 e. The van der Waals surface area contributed by atoms with Crippen LogP contribution in [0.3, 0.4) is 0 Å². The second-order valence-electron chi connectivity index (χ2n) is 10.2. The van der Waals surface area contributed by atoms with E-state index in [1.807, 2.05) is 54.6 Å². The number of para-hydroxylation sites is 2. The number of rotatable bonds is 9. The van der Waals surface area contributed by atoms with Gasteiger partial charge in [-0.1, -0.05) is 67.8 Å². The topological polar surface area (TPSA) is 86.3 Å². The number of nitrogens with one attached hydrogen (secondary N) is 1. The molecule has 0 unspecified atom stereocenters. The molecular formula is C32H36N2O6. The predicted molar refractivity (Wildman–Crippen MR) is 151 cm³/mol. The van der Waals surface area contributed by atoms with Crippen LogP contribution in [0.25, 0.3) is 0 Å². The zero-order valence-electron chi connectivity index (χ0n) is 23.0. The van der Waals surface area contributed by atoms with Crippen molar-refractivity contribution in [1.82, 2.24) is 10.2 Å². The van der Waals surface area contributed by atoms with Crippen molar-refractivity contribution < 1.29 is 28.5 Å². The second kappa shape index (κ2) is 12.8. The lowest BCUT2D eigenvalue weighted by Crippen LogP contribution is -2.52. The van der Waals surface area contributed by atoms with E-state index in [1.165, 1.54) is 6.42 Å². The summed E-state index contributed by atoms with van der Waals surface area (Å²) < 4.78 is 23.0. The molecule has 3 aromatic rings. The molecule has 2 amide bonds. The number of hydrogen-bond acceptors (Lipinski definition) is 6. The maximum Gasteiger partial charge on any atom is 0.268 e. The highest BCUT2D eigenvalue weighted by Crippen LogP contribution is 2.36. The Hall–Kier alpha value is -4.20. The average Bonchev–Trinajstić information content (AvgIpc) is 3.01. The molecule has 0 saturated heterocycles. The highest BCUT2D eigenvalue weighted by Gasteiger charge is 2.39. The molecule has 1 aliphatic carbocycles. The number of ether oxygens (including phenoxy) is 4. The van der Waals surface area contributed by atoms with Gasteiger partial charge in [0, 0.05) is 12.6 Å². The maximum absolute atomic E-state index is 14.3. The summed E-state index contributed by atoms with van der Waals surface area (Å²) in [5.41, 5.74) is 1.51. The van der Waals surface area contributed by atoms with Gasteiger partial charge in [0.1, 0.15) is 12.6 Å². The van der Waals surface area contributed by atoms with Crippen molar-refractivity contribution >= 4 is 11.8 Å². The number of methoxy groups -OCH3 is 2. The van der Waals surface area contributed by atoms with Crippen molar-refractivity contribution in [2.45, 2.75) is 56.8 Å². The molecule has 2 atom stereocenters. The summed E-state index contributed by atoms with van der Waals surface area (Å²) in [6.45, 7) is 0.252. The zero-order chi connectivity index (χ0) is 27.9. The quantitative estimate of drug-likeness (QED) is 0.405. The SMILES string of the molecule is COc1ccc([C@H](C(=O)NC2CCCCC2)N(Cc2ccccc2)C(=O)[C@@H]2COc3ccccc3O2)cc1OC. The van der Waals surface area contributed by atoms with Gasteiger partial charge in [0.25, 0.3) is 5.91 Å². The van der Waals surface area contributed by atoms with Crippen molar-refractivity contribution in [2.75, 3.05) is 20.8 Å². The Balaban J connectivity index is 1.54. The Kier molecular flexibility index (Phi) is 8.74. The average molecular weight is 545 g/mol. The maximum atomic E-state index is 14.3. The molecule has 0 aromatic heterocycles. The first-order valence-electron chi connectivity index (χ1n) is 13.8. The van der Waals surface area contributed by atoms with Crippen LogP contribution in [0.5, 0.6) is 23.0 Å². The third-order valence-electron chi connectivity index (χ3n) is 7.50. The molecule has 8 nitrogen and oxygen atoms in total. The second-order valence-corrected chi connectivity index (χ2v) is 10.2. The Labute approximate surface area is 235 Å². The molecule has 1 aliphatic heterocycles. The number of fused-ring (bicyclic) bond motifs is 1. The van der Waals surface area contributed by atoms with Crippen LogP contribution in [0.1, 0.15) is 49.3 Å². The van der Waals surface area contributed by atoms with Crippen LogP contribution in [0.4, 0.5) is 0 Å². The van der Waals surface area contributed by atoms with Crippen molar-refractivity contribution in [2.24, 2.45) is 0 Å². The summed E-state index contributed by atoms with van der Waals surface area (Å²) in [6, 6.07) is 21.4. The highest BCUT2D eigenvalue weighted by atomic mass is 16.6. The summed E-state index contributed by atoms with van der Waals surface area (Å²) in [7, 11) is 3.12. The summed E-state index contributed by atoms with van der Waals surface area (Å²) in [6.07, 6.45) is 4.26. The van der Waals surface area contributed by atoms with Gasteiger partial charge in [-0.25, -0.2) is 0 Å². The van der Waals surface area contributed by atoms with Gasteiger partial charge in [0.15, 0.2) is 23.0 Å². The van der Waals surface area contributed by atoms with Gasteiger partial charge in [-0.15, -0.1) is 0 Å². The first kappa shape index (κ1) is 27.4. The molecule has 5 rings (SSSR count). The number of nitrogens with zero attached hydrogens (tertiary/aromatic N) is 1. The lowest BCUT2D eigenvalue weighted by atomic mass is 9.94. The van der Waals surface area contributed by atoms with Crippen molar-refractivity contribution in [3.8, 4) is 23.0 Å². The molecule has 1 fully saturated rings. The number of amides is 2. The van der Waals surface area contributed by atoms with Gasteiger partial charge in [0.2, 0.25) is 12.0 Å². The summed E-state index contributed by atoms with van der Waals surface area (Å²) >= 11 is 0. The van der Waals surface area contributed by atoms with Gasteiger partial charge in [-0.05, 0) is 48.2 Å². The molecule has 0 radical (unpaired) electrons. The number of carbonyl (C=O) groups is 2. The van der Waals surface area contributed by atoms with E-state index < -0.39 is 12.1 Å². The number of hydrogen-bond donors (Lipinski definition) is 1. The van der Waals surface area contributed by atoms with Crippen LogP contribution in [0.2, 0.25) is 0 Å². The van der Waals surface area contributed by atoms with Gasteiger partial charge in [0.05, 0.1) is 14.2 Å². The third-order valence-corrected chi connectivity index (χ3v) is 7.50. The highest BCUT2D eigenvalue weighted by molar-refractivity contribution is 5.91. The van der Waals surface area contributed by atoms with E-state index in [2.05, 4.69) is 5.32 Å². The molecule has 1 N–H and O–H groups in total. The molecule has 3 aromatic carbocycles. The predicted octanol–water partition coefficient (Wildman–Crippen LogP) is 5.06. The van der Waals surface area contributed by atoms with E-state index in [9.17, 15) is 9.59 Å². The molecule has 0 spiro atoms. The van der Waals surface area contributed by atoms with Crippen LogP contribution in [-0.4, -0.2) is 49.7 Å². The van der Waals surface area contributed by atoms with Crippen LogP contribution >= 0.6 is 0 Å². The molecule has 1 heterocycles. The van der Waals surface area contributed by atoms with Crippen LogP contribution in [-0.2, 0) is 16.1 Å². The Morgan fingerprint density at radius 3 is 2.33 bits per heavy atom. The fourth-order valence-corrected chi connectivity index (χ4v) is 5.43. The molecule has 8 heteroatoms. The summed E-state index contributed by atoms with van der Waals surface area (Å²) in [5, 5.41) is 3.25. The van der Waals surface area contributed by atoms with Crippen molar-refractivity contribution in [3.05, 3.63) is 83.9 Å². The minimum atomic E-state index is -0.935. The Bertz CT molecular complexity index is 1310. The largest absolute Gasteiger partial charge is 0.493 e. The molecule has 40 heavy (non-hydrogen) atoms. The summed E-state index contributed by atoms with van der Waals surface area (Å²) in [5.74, 6) is 1.54. The minimum Gasteiger partial charge on any atom is -0.493 e. The molecule has 0 bridgehead atoms. The van der Waals surface area contributed by atoms with Gasteiger partial charge < -0.3 is 29.2 Å². The van der Waals surface area contributed by atoms with E-state index in [0.717, 1.165) is 31.2 Å². The lowest BCUT2D eigenvalue weighted by molar-refractivity contribution is -0.149. The number of carbonyl (C=O) groups excluding carboxylic acids is 2. The van der Waals surface area contributed by atoms with E-state index >= 15 is 0 Å². The molecular weight excluding hydrogens is 508 g/mol. The Morgan fingerprint density at radius 2 is 1.60 bits per heavy atom. The monoisotopic (exact) mass is 544 g/mol. The van der Waals surface area contributed by atoms with Crippen molar-refractivity contribution in [1.29, 1.82) is 0 Å². The van der Waals surface area contributed by atoms with E-state index in [4.69, 9.17) is 18.9 Å². The van der Waals surface area contributed by atoms with Crippen LogP contribution in [0, 0.1) is 0 Å².